The first-order valence-corrected chi connectivity index (χ1v) is 8.80. The molecule has 126 valence electrons. The Balaban J connectivity index is 2.51. The number of hydrogen-bond donors (Lipinski definition) is 1. The van der Waals surface area contributed by atoms with E-state index in [9.17, 15) is 8.42 Å². The van der Waals surface area contributed by atoms with E-state index in [2.05, 4.69) is 9.88 Å². The van der Waals surface area contributed by atoms with Crippen LogP contribution in [0.4, 0.5) is 5.88 Å². The Hall–Kier alpha value is -2.02. The number of rotatable bonds is 5. The van der Waals surface area contributed by atoms with Gasteiger partial charge in [-0.25, -0.2) is 13.1 Å². The number of nitrogens with one attached hydrogen (secondary N) is 1. The van der Waals surface area contributed by atoms with E-state index >= 15 is 0 Å². The Labute approximate surface area is 136 Å². The minimum absolute atomic E-state index is 0.133. The van der Waals surface area contributed by atoms with E-state index in [1.165, 1.54) is 0 Å². The average Bonchev–Trinajstić information content (AvgIpc) is 2.77. The highest BCUT2D eigenvalue weighted by Crippen LogP contribution is 2.32. The number of methoxy groups -OCH3 is 1. The largest absolute Gasteiger partial charge is 0.496 e. The Kier molecular flexibility index (Phi) is 4.70. The lowest BCUT2D eigenvalue weighted by atomic mass is 10.0. The van der Waals surface area contributed by atoms with Gasteiger partial charge in [-0.2, -0.15) is 0 Å². The summed E-state index contributed by atoms with van der Waals surface area (Å²) in [7, 11) is -2.20. The molecule has 23 heavy (non-hydrogen) atoms. The van der Waals surface area contributed by atoms with Crippen LogP contribution in [0.5, 0.6) is 5.75 Å². The fraction of sp³-hybridized carbons (Fsp3) is 0.438. The van der Waals surface area contributed by atoms with E-state index in [1.807, 2.05) is 13.8 Å². The van der Waals surface area contributed by atoms with Crippen LogP contribution in [-0.4, -0.2) is 20.7 Å². The fourth-order valence-corrected chi connectivity index (χ4v) is 3.59. The van der Waals surface area contributed by atoms with Crippen LogP contribution in [0, 0.1) is 20.8 Å². The van der Waals surface area contributed by atoms with Crippen molar-refractivity contribution in [1.82, 2.24) is 5.16 Å². The molecule has 0 spiro atoms. The number of benzene rings is 1. The molecule has 0 bridgehead atoms. The summed E-state index contributed by atoms with van der Waals surface area (Å²) in [5, 5.41) is 3.77. The third-order valence-electron chi connectivity index (χ3n) is 3.82. The smallest absolute Gasteiger partial charge is 0.264 e. The second-order valence-corrected chi connectivity index (χ2v) is 7.49. The van der Waals surface area contributed by atoms with Crippen LogP contribution in [-0.2, 0) is 10.0 Å². The first kappa shape index (κ1) is 17.3. The topological polar surface area (TPSA) is 81.4 Å². The van der Waals surface area contributed by atoms with Crippen LogP contribution in [0.3, 0.4) is 0 Å². The summed E-state index contributed by atoms with van der Waals surface area (Å²) in [4.78, 5) is 0.204. The van der Waals surface area contributed by atoms with Crippen molar-refractivity contribution in [2.45, 2.75) is 45.4 Å². The molecule has 1 aromatic heterocycles. The van der Waals surface area contributed by atoms with Crippen molar-refractivity contribution in [2.75, 3.05) is 11.8 Å². The molecule has 2 rings (SSSR count). The molecule has 0 amide bonds. The lowest BCUT2D eigenvalue weighted by molar-refractivity contribution is 0.406. The summed E-state index contributed by atoms with van der Waals surface area (Å²) in [6, 6.07) is 3.39. The lowest BCUT2D eigenvalue weighted by Crippen LogP contribution is -2.15. The predicted molar refractivity (Wildman–Crippen MR) is 88.6 cm³/mol. The van der Waals surface area contributed by atoms with Crippen molar-refractivity contribution < 1.29 is 17.7 Å². The zero-order valence-corrected chi connectivity index (χ0v) is 15.0. The summed E-state index contributed by atoms with van der Waals surface area (Å²) in [5.41, 5.74) is 2.76. The van der Waals surface area contributed by atoms with Gasteiger partial charge in [0.15, 0.2) is 0 Å². The highest BCUT2D eigenvalue weighted by Gasteiger charge is 2.23. The van der Waals surface area contributed by atoms with E-state index in [1.54, 1.807) is 40.0 Å². The van der Waals surface area contributed by atoms with Gasteiger partial charge in [0.1, 0.15) is 5.75 Å². The Bertz CT molecular complexity index is 823. The third kappa shape index (κ3) is 3.34. The number of ether oxygens (including phenoxy) is 1. The van der Waals surface area contributed by atoms with Crippen LogP contribution in [0.2, 0.25) is 0 Å². The molecule has 0 saturated heterocycles. The van der Waals surface area contributed by atoms with Crippen LogP contribution in [0.25, 0.3) is 0 Å². The number of aromatic nitrogens is 1. The minimum Gasteiger partial charge on any atom is -0.496 e. The van der Waals surface area contributed by atoms with E-state index < -0.39 is 10.0 Å². The minimum atomic E-state index is -3.77. The molecule has 6 nitrogen and oxygen atoms in total. The summed E-state index contributed by atoms with van der Waals surface area (Å²) in [6.45, 7) is 9.22. The van der Waals surface area contributed by atoms with Gasteiger partial charge in [-0.1, -0.05) is 19.0 Å². The summed E-state index contributed by atoms with van der Waals surface area (Å²) < 4.78 is 38.3. The second kappa shape index (κ2) is 6.23. The van der Waals surface area contributed by atoms with E-state index in [0.717, 1.165) is 5.56 Å². The van der Waals surface area contributed by atoms with Gasteiger partial charge >= 0.3 is 0 Å². The van der Waals surface area contributed by atoms with Gasteiger partial charge in [-0.15, -0.1) is 0 Å². The van der Waals surface area contributed by atoms with Crippen molar-refractivity contribution in [1.29, 1.82) is 0 Å². The van der Waals surface area contributed by atoms with Gasteiger partial charge in [0.05, 0.1) is 17.7 Å². The molecule has 0 radical (unpaired) electrons. The van der Waals surface area contributed by atoms with Crippen LogP contribution in [0.1, 0.15) is 42.1 Å². The normalized spacial score (nSPS) is 11.8. The molecular weight excluding hydrogens is 316 g/mol. The Morgan fingerprint density at radius 1 is 1.22 bits per heavy atom. The highest BCUT2D eigenvalue weighted by atomic mass is 32.2. The Morgan fingerprint density at radius 2 is 1.87 bits per heavy atom. The molecule has 7 heteroatoms. The average molecular weight is 338 g/mol. The first-order valence-electron chi connectivity index (χ1n) is 7.31. The van der Waals surface area contributed by atoms with Crippen molar-refractivity contribution in [3.63, 3.8) is 0 Å². The zero-order chi connectivity index (χ0) is 17.4. The van der Waals surface area contributed by atoms with Crippen molar-refractivity contribution in [2.24, 2.45) is 0 Å². The maximum absolute atomic E-state index is 12.7. The van der Waals surface area contributed by atoms with Crippen LogP contribution >= 0.6 is 0 Å². The molecule has 0 saturated carbocycles. The predicted octanol–water partition coefficient (Wildman–Crippen LogP) is 3.53. The summed E-state index contributed by atoms with van der Waals surface area (Å²) in [6.07, 6.45) is 0. The fourth-order valence-electron chi connectivity index (χ4n) is 2.28. The third-order valence-corrected chi connectivity index (χ3v) is 5.30. The monoisotopic (exact) mass is 338 g/mol. The number of sulfonamides is 1. The van der Waals surface area contributed by atoms with E-state index in [4.69, 9.17) is 9.26 Å². The molecule has 1 heterocycles. The molecule has 0 aliphatic rings. The number of nitrogens with zero attached hydrogens (tertiary/aromatic N) is 1. The first-order chi connectivity index (χ1) is 10.7. The van der Waals surface area contributed by atoms with Gasteiger partial charge in [-0.05, 0) is 49.9 Å². The quantitative estimate of drug-likeness (QED) is 0.902. The van der Waals surface area contributed by atoms with E-state index in [0.29, 0.717) is 22.6 Å². The second-order valence-electron chi connectivity index (χ2n) is 5.84. The van der Waals surface area contributed by atoms with E-state index in [-0.39, 0.29) is 16.7 Å². The summed E-state index contributed by atoms with van der Waals surface area (Å²) in [5.74, 6) is 0.959. The highest BCUT2D eigenvalue weighted by molar-refractivity contribution is 7.92. The molecule has 0 unspecified atom stereocenters. The molecular formula is C16H22N2O4S. The maximum atomic E-state index is 12.7. The van der Waals surface area contributed by atoms with Gasteiger partial charge in [0.25, 0.3) is 10.0 Å². The van der Waals surface area contributed by atoms with Gasteiger partial charge in [-0.3, -0.25) is 0 Å². The lowest BCUT2D eigenvalue weighted by Gasteiger charge is -2.16. The van der Waals surface area contributed by atoms with Crippen LogP contribution < -0.4 is 9.46 Å². The molecule has 0 fully saturated rings. The molecule has 1 N–H and O–H groups in total. The molecule has 0 aliphatic heterocycles. The van der Waals surface area contributed by atoms with Gasteiger partial charge in [0, 0.05) is 5.56 Å². The van der Waals surface area contributed by atoms with Crippen LogP contribution in [0.15, 0.2) is 21.6 Å². The number of aryl methyl sites for hydroxylation is 2. The van der Waals surface area contributed by atoms with Crippen molar-refractivity contribution in [3.05, 3.63) is 34.5 Å². The standard InChI is InChI=1S/C16H22N2O4S/c1-9(2)13-8-15(10(3)7-14(13)21-6)23(19,20)18-16-11(4)12(5)17-22-16/h7-9,18H,1-6H3. The van der Waals surface area contributed by atoms with Gasteiger partial charge in [0.2, 0.25) is 5.88 Å². The molecule has 1 aromatic carbocycles. The van der Waals surface area contributed by atoms with Gasteiger partial charge < -0.3 is 9.26 Å². The summed E-state index contributed by atoms with van der Waals surface area (Å²) >= 11 is 0. The Morgan fingerprint density at radius 3 is 2.35 bits per heavy atom. The van der Waals surface area contributed by atoms with Crippen molar-refractivity contribution in [3.8, 4) is 5.75 Å². The maximum Gasteiger partial charge on any atom is 0.264 e. The zero-order valence-electron chi connectivity index (χ0n) is 14.2. The van der Waals surface area contributed by atoms with Crippen molar-refractivity contribution >= 4 is 15.9 Å². The number of anilines is 1. The SMILES string of the molecule is COc1cc(C)c(S(=O)(=O)Nc2onc(C)c2C)cc1C(C)C. The molecule has 2 aromatic rings. The number of hydrogen-bond acceptors (Lipinski definition) is 5. The molecule has 0 atom stereocenters. The molecule has 0 aliphatic carbocycles.